The monoisotopic (exact) mass is 366 g/mol. The second kappa shape index (κ2) is 5.43. The molecule has 108 valence electrons. The van der Waals surface area contributed by atoms with Gasteiger partial charge in [-0.25, -0.2) is 9.37 Å². The molecule has 0 fully saturated rings. The molecule has 5 heteroatoms. The number of alkyl halides is 1. The van der Waals surface area contributed by atoms with Crippen molar-refractivity contribution in [1.29, 1.82) is 0 Å². The number of fused-ring (bicyclic) bond motifs is 1. The number of rotatable bonds is 2. The molecule has 2 nitrogen and oxygen atoms in total. The molecule has 3 aromatic rings. The summed E-state index contributed by atoms with van der Waals surface area (Å²) in [5, 5.41) is -0.255. The number of hydrogen-bond acceptors (Lipinski definition) is 1. The van der Waals surface area contributed by atoms with Gasteiger partial charge in [0, 0.05) is 4.47 Å². The smallest absolute Gasteiger partial charge is 0.132 e. The summed E-state index contributed by atoms with van der Waals surface area (Å²) in [7, 11) is 0. The zero-order chi connectivity index (χ0) is 15.1. The molecule has 0 bridgehead atoms. The Bertz CT molecular complexity index is 827. The summed E-state index contributed by atoms with van der Waals surface area (Å²) in [5.41, 5.74) is 3.80. The first-order valence-corrected chi connectivity index (χ1v) is 7.79. The third kappa shape index (κ3) is 2.58. The van der Waals surface area contributed by atoms with Crippen LogP contribution in [0.2, 0.25) is 0 Å². The summed E-state index contributed by atoms with van der Waals surface area (Å²) in [4.78, 5) is 4.63. The Kier molecular flexibility index (Phi) is 3.76. The third-order valence-corrected chi connectivity index (χ3v) is 4.17. The van der Waals surface area contributed by atoms with Crippen molar-refractivity contribution in [3.63, 3.8) is 0 Å². The lowest BCUT2D eigenvalue weighted by Gasteiger charge is -2.12. The molecule has 0 aliphatic carbocycles. The highest BCUT2D eigenvalue weighted by molar-refractivity contribution is 9.10. The summed E-state index contributed by atoms with van der Waals surface area (Å²) in [6, 6.07) is 10.7. The van der Waals surface area contributed by atoms with E-state index in [0.29, 0.717) is 4.47 Å². The minimum Gasteiger partial charge on any atom is -0.294 e. The largest absolute Gasteiger partial charge is 0.294 e. The van der Waals surface area contributed by atoms with E-state index in [1.54, 1.807) is 6.07 Å². The lowest BCUT2D eigenvalue weighted by atomic mass is 10.2. The molecule has 0 saturated heterocycles. The van der Waals surface area contributed by atoms with E-state index in [-0.39, 0.29) is 11.2 Å². The van der Waals surface area contributed by atoms with Gasteiger partial charge >= 0.3 is 0 Å². The molecule has 0 N–H and O–H groups in total. The van der Waals surface area contributed by atoms with Crippen LogP contribution in [0.25, 0.3) is 16.7 Å². The van der Waals surface area contributed by atoms with Gasteiger partial charge in [-0.3, -0.25) is 4.57 Å². The summed E-state index contributed by atoms with van der Waals surface area (Å²) in [6.07, 6.45) is 0. The van der Waals surface area contributed by atoms with Crippen molar-refractivity contribution in [2.24, 2.45) is 0 Å². The van der Waals surface area contributed by atoms with E-state index < -0.39 is 0 Å². The van der Waals surface area contributed by atoms with Crippen molar-refractivity contribution in [2.75, 3.05) is 0 Å². The van der Waals surface area contributed by atoms with E-state index in [9.17, 15) is 4.39 Å². The van der Waals surface area contributed by atoms with Crippen LogP contribution in [0.15, 0.2) is 40.9 Å². The highest BCUT2D eigenvalue weighted by Gasteiger charge is 2.18. The predicted molar refractivity (Wildman–Crippen MR) is 87.7 cm³/mol. The van der Waals surface area contributed by atoms with E-state index in [1.165, 1.54) is 12.1 Å². The van der Waals surface area contributed by atoms with Gasteiger partial charge in [0.2, 0.25) is 0 Å². The Morgan fingerprint density at radius 3 is 2.67 bits per heavy atom. The summed E-state index contributed by atoms with van der Waals surface area (Å²) >= 11 is 9.70. The van der Waals surface area contributed by atoms with Gasteiger partial charge in [-0.1, -0.05) is 6.07 Å². The highest BCUT2D eigenvalue weighted by Crippen LogP contribution is 2.32. The number of nitrogens with zero attached hydrogens (tertiary/aromatic N) is 2. The van der Waals surface area contributed by atoms with Gasteiger partial charge in [0.1, 0.15) is 11.6 Å². The molecule has 0 saturated carbocycles. The minimum absolute atomic E-state index is 0.255. The molecule has 0 spiro atoms. The molecule has 21 heavy (non-hydrogen) atoms. The van der Waals surface area contributed by atoms with Crippen LogP contribution in [0.3, 0.4) is 0 Å². The fraction of sp³-hybridized carbons (Fsp3) is 0.188. The lowest BCUT2D eigenvalue weighted by molar-refractivity contribution is 0.626. The van der Waals surface area contributed by atoms with Gasteiger partial charge in [0.25, 0.3) is 0 Å². The van der Waals surface area contributed by atoms with Crippen LogP contribution in [-0.4, -0.2) is 9.55 Å². The molecule has 0 radical (unpaired) electrons. The lowest BCUT2D eigenvalue weighted by Crippen LogP contribution is -2.03. The molecule has 1 unspecified atom stereocenters. The van der Waals surface area contributed by atoms with Gasteiger partial charge in [0.05, 0.1) is 22.1 Å². The third-order valence-electron chi connectivity index (χ3n) is 3.34. The SMILES string of the molecule is Cc1ccc2c(c1)nc(C(C)Cl)n2-c1ccc(F)cc1Br. The number of aryl methyl sites for hydroxylation is 1. The second-order valence-corrected chi connectivity index (χ2v) is 6.52. The quantitative estimate of drug-likeness (QED) is 0.544. The Morgan fingerprint density at radius 1 is 1.24 bits per heavy atom. The molecule has 0 amide bonds. The van der Waals surface area contributed by atoms with E-state index in [2.05, 4.69) is 20.9 Å². The van der Waals surface area contributed by atoms with Crippen molar-refractivity contribution >= 4 is 38.6 Å². The molecular formula is C16H13BrClFN2. The van der Waals surface area contributed by atoms with Crippen molar-refractivity contribution in [3.8, 4) is 5.69 Å². The van der Waals surface area contributed by atoms with Crippen molar-refractivity contribution in [2.45, 2.75) is 19.2 Å². The normalized spacial score (nSPS) is 12.8. The number of aromatic nitrogens is 2. The number of halogens is 3. The molecular weight excluding hydrogens is 355 g/mol. The van der Waals surface area contributed by atoms with Crippen LogP contribution in [-0.2, 0) is 0 Å². The number of imidazole rings is 1. The van der Waals surface area contributed by atoms with E-state index in [1.807, 2.05) is 36.6 Å². The maximum atomic E-state index is 13.3. The average molecular weight is 368 g/mol. The summed E-state index contributed by atoms with van der Waals surface area (Å²) < 4.78 is 16.0. The van der Waals surface area contributed by atoms with Crippen molar-refractivity contribution in [3.05, 3.63) is 58.1 Å². The maximum Gasteiger partial charge on any atom is 0.132 e. The van der Waals surface area contributed by atoms with E-state index in [4.69, 9.17) is 11.6 Å². The van der Waals surface area contributed by atoms with Gasteiger partial charge in [-0.2, -0.15) is 0 Å². The number of benzene rings is 2. The van der Waals surface area contributed by atoms with Crippen LogP contribution in [0.1, 0.15) is 23.7 Å². The van der Waals surface area contributed by atoms with Crippen LogP contribution < -0.4 is 0 Å². The van der Waals surface area contributed by atoms with Crippen molar-refractivity contribution in [1.82, 2.24) is 9.55 Å². The first-order valence-electron chi connectivity index (χ1n) is 6.56. The fourth-order valence-electron chi connectivity index (χ4n) is 2.39. The topological polar surface area (TPSA) is 17.8 Å². The Balaban J connectivity index is 2.36. The van der Waals surface area contributed by atoms with E-state index in [0.717, 1.165) is 28.1 Å². The zero-order valence-corrected chi connectivity index (χ0v) is 13.9. The molecule has 1 aromatic heterocycles. The molecule has 0 aliphatic rings. The van der Waals surface area contributed by atoms with Gasteiger partial charge in [-0.05, 0) is 65.7 Å². The molecule has 2 aromatic carbocycles. The molecule has 0 aliphatic heterocycles. The first-order chi connectivity index (χ1) is 9.97. The zero-order valence-electron chi connectivity index (χ0n) is 11.6. The number of hydrogen-bond donors (Lipinski definition) is 0. The van der Waals surface area contributed by atoms with Crippen molar-refractivity contribution < 1.29 is 4.39 Å². The Morgan fingerprint density at radius 2 is 2.00 bits per heavy atom. The second-order valence-electron chi connectivity index (χ2n) is 5.01. The molecule has 3 rings (SSSR count). The van der Waals surface area contributed by atoms with Crippen LogP contribution >= 0.6 is 27.5 Å². The average Bonchev–Trinajstić information content (AvgIpc) is 2.77. The van der Waals surface area contributed by atoms with Gasteiger partial charge in [-0.15, -0.1) is 11.6 Å². The fourth-order valence-corrected chi connectivity index (χ4v) is 3.07. The van der Waals surface area contributed by atoms with Gasteiger partial charge in [0.15, 0.2) is 0 Å². The van der Waals surface area contributed by atoms with Crippen LogP contribution in [0, 0.1) is 12.7 Å². The summed E-state index contributed by atoms with van der Waals surface area (Å²) in [6.45, 7) is 3.90. The first kappa shape index (κ1) is 14.5. The molecule has 1 heterocycles. The standard InChI is InChI=1S/C16H13BrClFN2/c1-9-3-5-15-13(7-9)20-16(10(2)18)21(15)14-6-4-11(19)8-12(14)17/h3-8,10H,1-2H3. The maximum absolute atomic E-state index is 13.3. The van der Waals surface area contributed by atoms with E-state index >= 15 is 0 Å². The Hall–Kier alpha value is -1.39. The van der Waals surface area contributed by atoms with Crippen LogP contribution in [0.5, 0.6) is 0 Å². The molecule has 1 atom stereocenters. The Labute approximate surface area is 135 Å². The highest BCUT2D eigenvalue weighted by atomic mass is 79.9. The van der Waals surface area contributed by atoms with Crippen LogP contribution in [0.4, 0.5) is 4.39 Å². The summed E-state index contributed by atoms with van der Waals surface area (Å²) in [5.74, 6) is 0.455. The minimum atomic E-state index is -0.286. The predicted octanol–water partition coefficient (Wildman–Crippen LogP) is 5.54. The van der Waals surface area contributed by atoms with Gasteiger partial charge < -0.3 is 0 Å².